The second-order valence-electron chi connectivity index (χ2n) is 5.87. The van der Waals surface area contributed by atoms with Gasteiger partial charge in [0, 0.05) is 13.1 Å². The summed E-state index contributed by atoms with van der Waals surface area (Å²) < 4.78 is 43.5. The molecule has 0 aliphatic heterocycles. The molecule has 114 valence electrons. The summed E-state index contributed by atoms with van der Waals surface area (Å²) >= 11 is 0. The number of carbonyl (C=O) groups excluding carboxylic acids is 1. The van der Waals surface area contributed by atoms with Gasteiger partial charge in [-0.25, -0.2) is 18.0 Å². The molecule has 0 rings (SSSR count). The number of hydrogen-bond donors (Lipinski definition) is 2. The summed E-state index contributed by atoms with van der Waals surface area (Å²) in [6.45, 7) is 7.55. The van der Waals surface area contributed by atoms with Gasteiger partial charge in [0.25, 0.3) is 0 Å². The Balaban J connectivity index is 3.90. The van der Waals surface area contributed by atoms with Gasteiger partial charge in [-0.3, -0.25) is 5.32 Å². The van der Waals surface area contributed by atoms with Crippen molar-refractivity contribution in [1.29, 1.82) is 0 Å². The predicted molar refractivity (Wildman–Crippen MR) is 66.9 cm³/mol. The lowest BCUT2D eigenvalue weighted by atomic mass is 9.93. The van der Waals surface area contributed by atoms with E-state index < -0.39 is 29.8 Å². The normalized spacial score (nSPS) is 14.4. The largest absolute Gasteiger partial charge is 0.444 e. The highest BCUT2D eigenvalue weighted by Gasteiger charge is 2.38. The molecular formula is C12H23F3N2O2. The van der Waals surface area contributed by atoms with E-state index in [0.717, 1.165) is 13.8 Å². The maximum absolute atomic E-state index is 13.5. The van der Waals surface area contributed by atoms with Crippen LogP contribution in [-0.2, 0) is 4.74 Å². The average molecular weight is 284 g/mol. The first kappa shape index (κ1) is 18.0. The van der Waals surface area contributed by atoms with E-state index in [1.54, 1.807) is 20.8 Å². The molecule has 19 heavy (non-hydrogen) atoms. The smallest absolute Gasteiger partial charge is 0.407 e. The van der Waals surface area contributed by atoms with Crippen LogP contribution >= 0.6 is 0 Å². The van der Waals surface area contributed by atoms with Crippen LogP contribution in [0.25, 0.3) is 0 Å². The van der Waals surface area contributed by atoms with E-state index in [-0.39, 0.29) is 13.1 Å². The summed E-state index contributed by atoms with van der Waals surface area (Å²) in [6, 6.07) is 0. The minimum absolute atomic E-state index is 0.0383. The van der Waals surface area contributed by atoms with Crippen LogP contribution in [0.4, 0.5) is 18.0 Å². The van der Waals surface area contributed by atoms with Crippen molar-refractivity contribution in [3.63, 3.8) is 0 Å². The average Bonchev–Trinajstić information content (AvgIpc) is 2.21. The fourth-order valence-corrected chi connectivity index (χ4v) is 1.05. The Morgan fingerprint density at radius 1 is 1.11 bits per heavy atom. The predicted octanol–water partition coefficient (Wildman–Crippen LogP) is 2.69. The van der Waals surface area contributed by atoms with Crippen LogP contribution in [0.5, 0.6) is 0 Å². The van der Waals surface area contributed by atoms with E-state index in [9.17, 15) is 18.0 Å². The fraction of sp³-hybridized carbons (Fsp3) is 0.917. The van der Waals surface area contributed by atoms with Crippen molar-refractivity contribution in [2.24, 2.45) is 5.41 Å². The molecule has 0 spiro atoms. The van der Waals surface area contributed by atoms with E-state index in [0.29, 0.717) is 0 Å². The molecule has 0 aromatic rings. The lowest BCUT2D eigenvalue weighted by Crippen LogP contribution is -2.45. The highest BCUT2D eigenvalue weighted by molar-refractivity contribution is 5.67. The van der Waals surface area contributed by atoms with E-state index in [2.05, 4.69) is 10.6 Å². The number of ether oxygens (including phenoxy) is 1. The maximum Gasteiger partial charge on any atom is 0.407 e. The molecular weight excluding hydrogens is 261 g/mol. The zero-order valence-electron chi connectivity index (χ0n) is 12.0. The molecule has 2 N–H and O–H groups in total. The highest BCUT2D eigenvalue weighted by atomic mass is 19.3. The Hall–Kier alpha value is -0.980. The second kappa shape index (κ2) is 6.98. The molecule has 7 heteroatoms. The third-order valence-electron chi connectivity index (χ3n) is 2.33. The number of rotatable bonds is 6. The summed E-state index contributed by atoms with van der Waals surface area (Å²) in [5.74, 6) is 0. The summed E-state index contributed by atoms with van der Waals surface area (Å²) in [7, 11) is 0. The molecule has 0 aliphatic rings. The van der Waals surface area contributed by atoms with Gasteiger partial charge in [-0.05, 0) is 20.8 Å². The molecule has 0 radical (unpaired) electrons. The van der Waals surface area contributed by atoms with Gasteiger partial charge >= 0.3 is 6.09 Å². The molecule has 1 atom stereocenters. The number of alkyl halides is 3. The van der Waals surface area contributed by atoms with Crippen molar-refractivity contribution in [1.82, 2.24) is 10.6 Å². The number of nitrogens with one attached hydrogen (secondary N) is 2. The van der Waals surface area contributed by atoms with Crippen LogP contribution in [0.15, 0.2) is 0 Å². The van der Waals surface area contributed by atoms with E-state index in [1.165, 1.54) is 0 Å². The van der Waals surface area contributed by atoms with E-state index in [4.69, 9.17) is 4.74 Å². The van der Waals surface area contributed by atoms with Gasteiger partial charge in [0.1, 0.15) is 5.60 Å². The standard InChI is InChI=1S/C12H23F3N2O2/c1-11(2,3)19-10(18)17-7-6-16-9(15)12(4,5)8(13)14/h8-9,16H,6-7H2,1-5H3,(H,17,18). The highest BCUT2D eigenvalue weighted by Crippen LogP contribution is 2.29. The van der Waals surface area contributed by atoms with Crippen LogP contribution < -0.4 is 10.6 Å². The first-order valence-corrected chi connectivity index (χ1v) is 6.09. The Morgan fingerprint density at radius 2 is 1.63 bits per heavy atom. The number of carbonyl (C=O) groups is 1. The number of amides is 1. The first-order valence-electron chi connectivity index (χ1n) is 6.09. The molecule has 4 nitrogen and oxygen atoms in total. The minimum Gasteiger partial charge on any atom is -0.444 e. The molecule has 0 aromatic carbocycles. The van der Waals surface area contributed by atoms with Crippen LogP contribution in [0.1, 0.15) is 34.6 Å². The van der Waals surface area contributed by atoms with E-state index in [1.807, 2.05) is 0 Å². The summed E-state index contributed by atoms with van der Waals surface area (Å²) in [4.78, 5) is 11.2. The molecule has 0 saturated carbocycles. The van der Waals surface area contributed by atoms with Gasteiger partial charge in [-0.15, -0.1) is 0 Å². The van der Waals surface area contributed by atoms with Gasteiger partial charge in [0.2, 0.25) is 6.43 Å². The number of alkyl carbamates (subject to hydrolysis) is 1. The minimum atomic E-state index is -2.77. The van der Waals surface area contributed by atoms with Gasteiger partial charge in [0.05, 0.1) is 5.41 Å². The van der Waals surface area contributed by atoms with E-state index >= 15 is 0 Å². The second-order valence-corrected chi connectivity index (χ2v) is 5.87. The van der Waals surface area contributed by atoms with Crippen molar-refractivity contribution < 1.29 is 22.7 Å². The molecule has 0 fully saturated rings. The quantitative estimate of drug-likeness (QED) is 0.582. The zero-order chi connectivity index (χ0) is 15.3. The van der Waals surface area contributed by atoms with Gasteiger partial charge in [-0.1, -0.05) is 13.8 Å². The Kier molecular flexibility index (Phi) is 6.62. The van der Waals surface area contributed by atoms with Crippen LogP contribution in [0, 0.1) is 5.41 Å². The lowest BCUT2D eigenvalue weighted by Gasteiger charge is -2.28. The SMILES string of the molecule is CC(C)(C)OC(=O)NCCNC(F)C(C)(C)C(F)F. The third kappa shape index (κ3) is 7.25. The Morgan fingerprint density at radius 3 is 2.05 bits per heavy atom. The number of halogens is 3. The van der Waals surface area contributed by atoms with Gasteiger partial charge in [-0.2, -0.15) is 0 Å². The van der Waals surface area contributed by atoms with Crippen molar-refractivity contribution in [3.8, 4) is 0 Å². The van der Waals surface area contributed by atoms with Gasteiger partial charge in [0.15, 0.2) is 6.30 Å². The van der Waals surface area contributed by atoms with Gasteiger partial charge < -0.3 is 10.1 Å². The molecule has 1 amide bonds. The molecule has 0 aliphatic carbocycles. The number of hydrogen-bond acceptors (Lipinski definition) is 3. The van der Waals surface area contributed by atoms with Crippen molar-refractivity contribution in [3.05, 3.63) is 0 Å². The van der Waals surface area contributed by atoms with Crippen LogP contribution in [-0.4, -0.2) is 37.5 Å². The Labute approximate surface area is 112 Å². The Bertz CT molecular complexity index is 291. The van der Waals surface area contributed by atoms with Crippen molar-refractivity contribution in [2.75, 3.05) is 13.1 Å². The molecule has 0 aromatic heterocycles. The summed E-state index contributed by atoms with van der Waals surface area (Å²) in [6.07, 6.45) is -5.25. The lowest BCUT2D eigenvalue weighted by molar-refractivity contribution is -0.0453. The maximum atomic E-state index is 13.5. The van der Waals surface area contributed by atoms with Crippen LogP contribution in [0.3, 0.4) is 0 Å². The summed E-state index contributed by atoms with van der Waals surface area (Å²) in [5.41, 5.74) is -2.39. The zero-order valence-corrected chi connectivity index (χ0v) is 12.0. The fourth-order valence-electron chi connectivity index (χ4n) is 1.05. The molecule has 0 heterocycles. The molecule has 0 bridgehead atoms. The molecule has 0 saturated heterocycles. The van der Waals surface area contributed by atoms with Crippen LogP contribution in [0.2, 0.25) is 0 Å². The topological polar surface area (TPSA) is 50.4 Å². The van der Waals surface area contributed by atoms with Crippen molar-refractivity contribution >= 4 is 6.09 Å². The monoisotopic (exact) mass is 284 g/mol. The molecule has 1 unspecified atom stereocenters. The third-order valence-corrected chi connectivity index (χ3v) is 2.33. The first-order chi connectivity index (χ1) is 8.47. The summed E-state index contributed by atoms with van der Waals surface area (Å²) in [5, 5.41) is 4.70. The van der Waals surface area contributed by atoms with Crippen molar-refractivity contribution in [2.45, 2.75) is 52.9 Å².